The molecule has 0 fully saturated rings. The average Bonchev–Trinajstić information content (AvgIpc) is 2.03. The largest absolute Gasteiger partial charge is 0.207 e. The van der Waals surface area contributed by atoms with Crippen LogP contribution in [0.4, 0.5) is 4.39 Å². The van der Waals surface area contributed by atoms with Crippen molar-refractivity contribution in [3.8, 4) is 11.8 Å². The normalized spacial score (nSPS) is 9.15. The van der Waals surface area contributed by atoms with Crippen LogP contribution < -0.4 is 0 Å². The van der Waals surface area contributed by atoms with Crippen molar-refractivity contribution in [2.24, 2.45) is 0 Å². The predicted molar refractivity (Wildman–Crippen MR) is 59.4 cm³/mol. The molecular weight excluding hydrogens is 251 g/mol. The second-order valence-corrected chi connectivity index (χ2v) is 3.80. The molecule has 68 valence electrons. The Kier molecular flexibility index (Phi) is 4.34. The van der Waals surface area contributed by atoms with Gasteiger partial charge in [-0.1, -0.05) is 27.8 Å². The van der Waals surface area contributed by atoms with Crippen LogP contribution in [0.2, 0.25) is 0 Å². The van der Waals surface area contributed by atoms with E-state index >= 15 is 0 Å². The van der Waals surface area contributed by atoms with Gasteiger partial charge in [0, 0.05) is 22.2 Å². The summed E-state index contributed by atoms with van der Waals surface area (Å²) in [6.45, 7) is 0. The smallest absolute Gasteiger partial charge is 0.125 e. The molecule has 0 aromatic heterocycles. The number of hydrogen-bond acceptors (Lipinski definition) is 1. The first-order valence-corrected chi connectivity index (χ1v) is 5.21. The van der Waals surface area contributed by atoms with Crippen molar-refractivity contribution in [3.05, 3.63) is 34.1 Å². The fourth-order valence-electron chi connectivity index (χ4n) is 0.846. The number of rotatable bonds is 1. The van der Waals surface area contributed by atoms with Gasteiger partial charge in [0.15, 0.2) is 0 Å². The summed E-state index contributed by atoms with van der Waals surface area (Å²) < 4.78 is 13.5. The lowest BCUT2D eigenvalue weighted by molar-refractivity contribution is 0.626. The van der Waals surface area contributed by atoms with Crippen molar-refractivity contribution in [3.63, 3.8) is 0 Å². The summed E-state index contributed by atoms with van der Waals surface area (Å²) in [6.07, 6.45) is 0.719. The topological polar surface area (TPSA) is 0 Å². The zero-order valence-corrected chi connectivity index (χ0v) is 9.33. The molecule has 0 saturated carbocycles. The molecule has 3 heteroatoms. The van der Waals surface area contributed by atoms with Crippen molar-refractivity contribution in [2.75, 3.05) is 5.75 Å². The Morgan fingerprint density at radius 1 is 1.38 bits per heavy atom. The summed E-state index contributed by atoms with van der Waals surface area (Å²) in [6, 6.07) is 4.61. The molecule has 0 nitrogen and oxygen atoms in total. The molecule has 0 radical (unpaired) electrons. The van der Waals surface area contributed by atoms with Crippen LogP contribution in [0.15, 0.2) is 22.7 Å². The minimum Gasteiger partial charge on any atom is -0.207 e. The Bertz CT molecular complexity index is 331. The van der Waals surface area contributed by atoms with E-state index in [-0.39, 0.29) is 5.82 Å². The predicted octanol–water partition coefficient (Wildman–Crippen LogP) is 3.26. The van der Waals surface area contributed by atoms with Crippen molar-refractivity contribution >= 4 is 28.6 Å². The van der Waals surface area contributed by atoms with Gasteiger partial charge in [0.2, 0.25) is 0 Å². The van der Waals surface area contributed by atoms with E-state index in [1.165, 1.54) is 12.1 Å². The molecule has 0 aliphatic carbocycles. The fraction of sp³-hybridized carbons (Fsp3) is 0.200. The van der Waals surface area contributed by atoms with Gasteiger partial charge in [0.25, 0.3) is 0 Å². The molecule has 0 amide bonds. The highest BCUT2D eigenvalue weighted by molar-refractivity contribution is 9.10. The fourth-order valence-corrected chi connectivity index (χ4v) is 1.42. The van der Waals surface area contributed by atoms with Crippen molar-refractivity contribution in [1.82, 2.24) is 0 Å². The van der Waals surface area contributed by atoms with Gasteiger partial charge >= 0.3 is 0 Å². The molecule has 1 aromatic rings. The lowest BCUT2D eigenvalue weighted by atomic mass is 10.2. The van der Waals surface area contributed by atoms with E-state index in [1.54, 1.807) is 6.07 Å². The van der Waals surface area contributed by atoms with Gasteiger partial charge in [-0.05, 0) is 18.2 Å². The monoisotopic (exact) mass is 258 g/mol. The first-order chi connectivity index (χ1) is 6.22. The summed E-state index contributed by atoms with van der Waals surface area (Å²) in [5, 5.41) is 0. The molecule has 13 heavy (non-hydrogen) atoms. The zero-order chi connectivity index (χ0) is 9.68. The molecule has 0 saturated heterocycles. The van der Waals surface area contributed by atoms with Crippen molar-refractivity contribution in [2.45, 2.75) is 6.42 Å². The SMILES string of the molecule is Fc1cc(Br)cc(C#CCCS)c1. The number of benzene rings is 1. The standard InChI is InChI=1S/C10H8BrFS/c11-9-5-8(3-1-2-4-13)6-10(12)7-9/h5-7,13H,2,4H2. The third kappa shape index (κ3) is 3.84. The van der Waals surface area contributed by atoms with Crippen LogP contribution in [0.25, 0.3) is 0 Å². The van der Waals surface area contributed by atoms with Crippen LogP contribution in [0, 0.1) is 17.7 Å². The van der Waals surface area contributed by atoms with Gasteiger partial charge < -0.3 is 0 Å². The van der Waals surface area contributed by atoms with Crippen LogP contribution in [-0.4, -0.2) is 5.75 Å². The Morgan fingerprint density at radius 2 is 2.15 bits per heavy atom. The molecular formula is C10H8BrFS. The van der Waals surface area contributed by atoms with Crippen LogP contribution >= 0.6 is 28.6 Å². The first kappa shape index (κ1) is 10.6. The third-order valence-corrected chi connectivity index (χ3v) is 2.01. The quantitative estimate of drug-likeness (QED) is 0.580. The Labute approximate surface area is 91.1 Å². The van der Waals surface area contributed by atoms with Crippen LogP contribution in [-0.2, 0) is 0 Å². The summed E-state index contributed by atoms with van der Waals surface area (Å²) in [5.41, 5.74) is 0.689. The zero-order valence-electron chi connectivity index (χ0n) is 6.85. The van der Waals surface area contributed by atoms with Crippen molar-refractivity contribution < 1.29 is 4.39 Å². The number of hydrogen-bond donors (Lipinski definition) is 1. The van der Waals surface area contributed by atoms with Gasteiger partial charge in [-0.3, -0.25) is 0 Å². The summed E-state index contributed by atoms with van der Waals surface area (Å²) in [7, 11) is 0. The maximum atomic E-state index is 12.8. The molecule has 0 aliphatic heterocycles. The van der Waals surface area contributed by atoms with Crippen LogP contribution in [0.1, 0.15) is 12.0 Å². The molecule has 0 heterocycles. The minimum absolute atomic E-state index is 0.274. The minimum atomic E-state index is -0.274. The number of thiol groups is 1. The summed E-state index contributed by atoms with van der Waals surface area (Å²) >= 11 is 7.22. The van der Waals surface area contributed by atoms with Gasteiger partial charge in [-0.15, -0.1) is 0 Å². The van der Waals surface area contributed by atoms with E-state index in [2.05, 4.69) is 40.4 Å². The number of halogens is 2. The van der Waals surface area contributed by atoms with Crippen LogP contribution in [0.3, 0.4) is 0 Å². The lowest BCUT2D eigenvalue weighted by Gasteiger charge is -1.93. The highest BCUT2D eigenvalue weighted by Gasteiger charge is 1.94. The third-order valence-electron chi connectivity index (χ3n) is 1.33. The lowest BCUT2D eigenvalue weighted by Crippen LogP contribution is -1.79. The summed E-state index contributed by atoms with van der Waals surface area (Å²) in [5.74, 6) is 6.20. The molecule has 0 unspecified atom stereocenters. The molecule has 0 atom stereocenters. The molecule has 1 aromatic carbocycles. The maximum absolute atomic E-state index is 12.8. The molecule has 0 bridgehead atoms. The first-order valence-electron chi connectivity index (χ1n) is 3.78. The van der Waals surface area contributed by atoms with Gasteiger partial charge in [-0.25, -0.2) is 4.39 Å². The van der Waals surface area contributed by atoms with Crippen molar-refractivity contribution in [1.29, 1.82) is 0 Å². The van der Waals surface area contributed by atoms with E-state index in [1.807, 2.05) is 0 Å². The van der Waals surface area contributed by atoms with E-state index < -0.39 is 0 Å². The highest BCUT2D eigenvalue weighted by Crippen LogP contribution is 2.13. The van der Waals surface area contributed by atoms with E-state index in [0.717, 1.165) is 12.2 Å². The molecule has 0 aliphatic rings. The second-order valence-electron chi connectivity index (χ2n) is 2.43. The van der Waals surface area contributed by atoms with Gasteiger partial charge in [-0.2, -0.15) is 12.6 Å². The van der Waals surface area contributed by atoms with Gasteiger partial charge in [0.05, 0.1) is 0 Å². The van der Waals surface area contributed by atoms with Crippen LogP contribution in [0.5, 0.6) is 0 Å². The Morgan fingerprint density at radius 3 is 2.77 bits per heavy atom. The van der Waals surface area contributed by atoms with Gasteiger partial charge in [0.1, 0.15) is 5.82 Å². The second kappa shape index (κ2) is 5.31. The highest BCUT2D eigenvalue weighted by atomic mass is 79.9. The average molecular weight is 259 g/mol. The van der Waals surface area contributed by atoms with E-state index in [0.29, 0.717) is 10.0 Å². The summed E-state index contributed by atoms with van der Waals surface area (Å²) in [4.78, 5) is 0. The Hall–Kier alpha value is -0.460. The molecule has 0 N–H and O–H groups in total. The molecule has 0 spiro atoms. The molecule has 1 rings (SSSR count). The Balaban J connectivity index is 2.85. The van der Waals surface area contributed by atoms with E-state index in [9.17, 15) is 4.39 Å². The van der Waals surface area contributed by atoms with E-state index in [4.69, 9.17) is 0 Å². The maximum Gasteiger partial charge on any atom is 0.125 e.